The van der Waals surface area contributed by atoms with Crippen LogP contribution >= 0.6 is 0 Å². The van der Waals surface area contributed by atoms with E-state index in [1.807, 2.05) is 23.1 Å². The average Bonchev–Trinajstić information content (AvgIpc) is 2.96. The van der Waals surface area contributed by atoms with E-state index >= 15 is 0 Å². The van der Waals surface area contributed by atoms with Crippen LogP contribution in [0.2, 0.25) is 0 Å². The molecule has 3 heterocycles. The smallest absolute Gasteiger partial charge is 0.230 e. The number of anilines is 3. The maximum absolute atomic E-state index is 13.6. The lowest BCUT2D eigenvalue weighted by Crippen LogP contribution is -2.37. The van der Waals surface area contributed by atoms with E-state index in [0.29, 0.717) is 38.8 Å². The zero-order chi connectivity index (χ0) is 20.5. The van der Waals surface area contributed by atoms with Crippen molar-refractivity contribution in [1.29, 1.82) is 0 Å². The van der Waals surface area contributed by atoms with E-state index in [1.165, 1.54) is 5.57 Å². The first-order valence-electron chi connectivity index (χ1n) is 10.6. The average molecular weight is 403 g/mol. The Morgan fingerprint density at radius 2 is 2.03 bits per heavy atom. The Bertz CT molecular complexity index is 1020. The molecule has 3 aliphatic rings. The van der Waals surface area contributed by atoms with Crippen LogP contribution < -0.4 is 10.2 Å². The van der Waals surface area contributed by atoms with Gasteiger partial charge in [0.2, 0.25) is 5.91 Å². The maximum Gasteiger partial charge on any atom is 0.230 e. The Kier molecular flexibility index (Phi) is 5.09. The number of hydrogen-bond donors (Lipinski definition) is 1. The highest BCUT2D eigenvalue weighted by Crippen LogP contribution is 2.39. The first-order chi connectivity index (χ1) is 14.7. The highest BCUT2D eigenvalue weighted by molar-refractivity contribution is 6.01. The molecular formula is C24H25N3O3. The molecule has 2 aliphatic heterocycles. The molecule has 0 unspecified atom stereocenters. The molecule has 6 nitrogen and oxygen atoms in total. The molecule has 0 spiro atoms. The number of fused-ring (bicyclic) bond motifs is 2. The molecule has 1 aromatic heterocycles. The molecule has 2 aromatic rings. The third-order valence-electron chi connectivity index (χ3n) is 6.25. The number of ether oxygens (including phenoxy) is 1. The standard InChI is InChI=1S/C24H25N3O3/c28-20-6-3-17(4-7-20)24(29)27-15-19-2-1-11-25-23(19)26-21-8-5-18(14-22(21)27)16-9-12-30-13-10-16/h1-2,5,8-9,11,14,17H,3-4,6-7,10,12-13,15H2,(H,25,26). The van der Waals surface area contributed by atoms with Crippen molar-refractivity contribution in [2.45, 2.75) is 38.6 Å². The van der Waals surface area contributed by atoms with Crippen molar-refractivity contribution in [1.82, 2.24) is 4.98 Å². The number of carbonyl (C=O) groups is 2. The van der Waals surface area contributed by atoms with Gasteiger partial charge in [0.25, 0.3) is 0 Å². The number of hydrogen-bond acceptors (Lipinski definition) is 5. The van der Waals surface area contributed by atoms with Crippen LogP contribution in [0, 0.1) is 5.92 Å². The van der Waals surface area contributed by atoms with Gasteiger partial charge in [-0.05, 0) is 48.6 Å². The third-order valence-corrected chi connectivity index (χ3v) is 6.25. The normalized spacial score (nSPS) is 19.3. The first-order valence-corrected chi connectivity index (χ1v) is 10.6. The highest BCUT2D eigenvalue weighted by atomic mass is 16.5. The van der Waals surface area contributed by atoms with Gasteiger partial charge in [0.15, 0.2) is 0 Å². The fourth-order valence-electron chi connectivity index (χ4n) is 4.52. The lowest BCUT2D eigenvalue weighted by molar-refractivity contribution is -0.126. The molecule has 30 heavy (non-hydrogen) atoms. The molecule has 5 rings (SSSR count). The van der Waals surface area contributed by atoms with Gasteiger partial charge in [-0.1, -0.05) is 18.2 Å². The van der Waals surface area contributed by atoms with Crippen LogP contribution in [-0.4, -0.2) is 29.9 Å². The maximum atomic E-state index is 13.6. The summed E-state index contributed by atoms with van der Waals surface area (Å²) in [6, 6.07) is 10.1. The van der Waals surface area contributed by atoms with Gasteiger partial charge in [-0.3, -0.25) is 9.59 Å². The molecule has 6 heteroatoms. The first kappa shape index (κ1) is 19.0. The van der Waals surface area contributed by atoms with E-state index in [-0.39, 0.29) is 17.6 Å². The Labute approximate surface area is 175 Å². The molecule has 154 valence electrons. The molecule has 1 N–H and O–H groups in total. The zero-order valence-corrected chi connectivity index (χ0v) is 16.9. The number of aromatic nitrogens is 1. The summed E-state index contributed by atoms with van der Waals surface area (Å²) >= 11 is 0. The van der Waals surface area contributed by atoms with Gasteiger partial charge >= 0.3 is 0 Å². The van der Waals surface area contributed by atoms with E-state index in [2.05, 4.69) is 28.5 Å². The van der Waals surface area contributed by atoms with Gasteiger partial charge in [-0.15, -0.1) is 0 Å². The SMILES string of the molecule is O=C1CCC(C(=O)N2Cc3cccnc3Nc3ccc(C4=CCOCC4)cc32)CC1. The second-order valence-corrected chi connectivity index (χ2v) is 8.16. The minimum absolute atomic E-state index is 0.0976. The quantitative estimate of drug-likeness (QED) is 0.812. The van der Waals surface area contributed by atoms with Crippen molar-refractivity contribution >= 4 is 34.5 Å². The summed E-state index contributed by atoms with van der Waals surface area (Å²) in [4.78, 5) is 31.7. The number of carbonyl (C=O) groups excluding carboxylic acids is 2. The number of amides is 1. The summed E-state index contributed by atoms with van der Waals surface area (Å²) in [6.45, 7) is 1.81. The van der Waals surface area contributed by atoms with Crippen molar-refractivity contribution in [2.24, 2.45) is 5.92 Å². The van der Waals surface area contributed by atoms with Gasteiger partial charge in [0, 0.05) is 30.5 Å². The fraction of sp³-hybridized carbons (Fsp3) is 0.375. The second-order valence-electron chi connectivity index (χ2n) is 8.16. The van der Waals surface area contributed by atoms with Gasteiger partial charge in [-0.2, -0.15) is 0 Å². The highest BCUT2D eigenvalue weighted by Gasteiger charge is 2.32. The predicted molar refractivity (Wildman–Crippen MR) is 116 cm³/mol. The molecule has 0 atom stereocenters. The molecule has 1 saturated carbocycles. The Hall–Kier alpha value is -2.99. The molecule has 0 radical (unpaired) electrons. The number of benzene rings is 1. The van der Waals surface area contributed by atoms with E-state index in [1.54, 1.807) is 6.20 Å². The lowest BCUT2D eigenvalue weighted by Gasteiger charge is -2.29. The van der Waals surface area contributed by atoms with Crippen LogP contribution in [0.1, 0.15) is 43.2 Å². The van der Waals surface area contributed by atoms with Crippen LogP contribution in [0.25, 0.3) is 5.57 Å². The van der Waals surface area contributed by atoms with Crippen molar-refractivity contribution < 1.29 is 14.3 Å². The van der Waals surface area contributed by atoms with Crippen LogP contribution in [0.5, 0.6) is 0 Å². The minimum atomic E-state index is -0.111. The summed E-state index contributed by atoms with van der Waals surface area (Å²) in [5, 5.41) is 3.42. The van der Waals surface area contributed by atoms with Crippen LogP contribution in [0.3, 0.4) is 0 Å². The number of rotatable bonds is 2. The predicted octanol–water partition coefficient (Wildman–Crippen LogP) is 4.23. The van der Waals surface area contributed by atoms with E-state index in [4.69, 9.17) is 4.74 Å². The molecule has 1 aromatic carbocycles. The number of nitrogens with one attached hydrogen (secondary N) is 1. The third kappa shape index (κ3) is 3.63. The monoisotopic (exact) mass is 403 g/mol. The summed E-state index contributed by atoms with van der Waals surface area (Å²) in [7, 11) is 0. The summed E-state index contributed by atoms with van der Waals surface area (Å²) in [6.07, 6.45) is 7.02. The fourth-order valence-corrected chi connectivity index (χ4v) is 4.52. The Morgan fingerprint density at radius 3 is 2.83 bits per heavy atom. The van der Waals surface area contributed by atoms with Gasteiger partial charge in [-0.25, -0.2) is 4.98 Å². The lowest BCUT2D eigenvalue weighted by atomic mass is 9.87. The topological polar surface area (TPSA) is 71.5 Å². The molecular weight excluding hydrogens is 378 g/mol. The van der Waals surface area contributed by atoms with Gasteiger partial charge in [0.1, 0.15) is 11.6 Å². The number of ketones is 1. The van der Waals surface area contributed by atoms with E-state index < -0.39 is 0 Å². The zero-order valence-electron chi connectivity index (χ0n) is 16.9. The number of pyridine rings is 1. The van der Waals surface area contributed by atoms with Crippen molar-refractivity contribution in [3.8, 4) is 0 Å². The van der Waals surface area contributed by atoms with E-state index in [9.17, 15) is 9.59 Å². The summed E-state index contributed by atoms with van der Waals surface area (Å²) in [5.41, 5.74) is 5.11. The molecule has 1 fully saturated rings. The summed E-state index contributed by atoms with van der Waals surface area (Å²) in [5.74, 6) is 1.03. The molecule has 1 aliphatic carbocycles. The second kappa shape index (κ2) is 8.03. The molecule has 1 amide bonds. The number of nitrogens with zero attached hydrogens (tertiary/aromatic N) is 2. The Morgan fingerprint density at radius 1 is 1.17 bits per heavy atom. The molecule has 0 saturated heterocycles. The minimum Gasteiger partial charge on any atom is -0.377 e. The molecule has 0 bridgehead atoms. The van der Waals surface area contributed by atoms with Crippen LogP contribution in [0.4, 0.5) is 17.2 Å². The van der Waals surface area contributed by atoms with Crippen molar-refractivity contribution in [3.05, 3.63) is 53.7 Å². The van der Waals surface area contributed by atoms with Gasteiger partial charge < -0.3 is 15.0 Å². The van der Waals surface area contributed by atoms with Crippen LogP contribution in [-0.2, 0) is 20.9 Å². The largest absolute Gasteiger partial charge is 0.377 e. The van der Waals surface area contributed by atoms with Crippen molar-refractivity contribution in [2.75, 3.05) is 23.4 Å². The van der Waals surface area contributed by atoms with Crippen molar-refractivity contribution in [3.63, 3.8) is 0 Å². The van der Waals surface area contributed by atoms with Crippen LogP contribution in [0.15, 0.2) is 42.6 Å². The Balaban J connectivity index is 1.55. The van der Waals surface area contributed by atoms with E-state index in [0.717, 1.165) is 41.3 Å². The summed E-state index contributed by atoms with van der Waals surface area (Å²) < 4.78 is 5.45. The van der Waals surface area contributed by atoms with Gasteiger partial charge in [0.05, 0.1) is 31.1 Å². The number of Topliss-reactive ketones (excluding diaryl/α,β-unsaturated/α-hetero) is 1.